The second-order valence-electron chi connectivity index (χ2n) is 4.36. The van der Waals surface area contributed by atoms with Crippen molar-refractivity contribution in [1.82, 2.24) is 10.7 Å². The van der Waals surface area contributed by atoms with E-state index in [0.717, 1.165) is 18.7 Å². The molecule has 1 aromatic carbocycles. The summed E-state index contributed by atoms with van der Waals surface area (Å²) in [5.41, 5.74) is 5.10. The number of methoxy groups -OCH3 is 1. The number of rotatable bonds is 7. The van der Waals surface area contributed by atoms with Gasteiger partial charge in [0.2, 0.25) is 0 Å². The van der Waals surface area contributed by atoms with Gasteiger partial charge in [0.1, 0.15) is 5.75 Å². The van der Waals surface area contributed by atoms with Crippen LogP contribution in [0.1, 0.15) is 30.9 Å². The molecule has 0 saturated carbocycles. The first-order chi connectivity index (χ1) is 8.19. The number of nitrogens with two attached hydrogens (primary N) is 1. The lowest BCUT2D eigenvalue weighted by Crippen LogP contribution is -2.34. The molecule has 0 fully saturated rings. The quantitative estimate of drug-likeness (QED) is 0.290. The Hall–Kier alpha value is -1.10. The molecule has 0 aliphatic rings. The van der Waals surface area contributed by atoms with Crippen LogP contribution >= 0.6 is 0 Å². The van der Waals surface area contributed by atoms with Crippen LogP contribution in [0.4, 0.5) is 0 Å². The van der Waals surface area contributed by atoms with Crippen LogP contribution in [0.15, 0.2) is 18.2 Å². The average molecular weight is 237 g/mol. The largest absolute Gasteiger partial charge is 0.496 e. The summed E-state index contributed by atoms with van der Waals surface area (Å²) in [6.07, 6.45) is 0.934. The lowest BCUT2D eigenvalue weighted by Gasteiger charge is -2.13. The predicted molar refractivity (Wildman–Crippen MR) is 71.0 cm³/mol. The van der Waals surface area contributed by atoms with Gasteiger partial charge in [-0.25, -0.2) is 5.43 Å². The average Bonchev–Trinajstić information content (AvgIpc) is 2.34. The summed E-state index contributed by atoms with van der Waals surface area (Å²) < 4.78 is 5.43. The molecule has 0 radical (unpaired) electrons. The first-order valence-electron chi connectivity index (χ1n) is 6.00. The SMILES string of the molecule is COc1cc(C(C)C)ccc1CCNCNN. The zero-order valence-corrected chi connectivity index (χ0v) is 10.9. The van der Waals surface area contributed by atoms with Gasteiger partial charge in [-0.2, -0.15) is 0 Å². The molecule has 0 aromatic heterocycles. The first kappa shape index (κ1) is 14.0. The lowest BCUT2D eigenvalue weighted by molar-refractivity contribution is 0.408. The Kier molecular flexibility index (Phi) is 5.97. The van der Waals surface area contributed by atoms with Gasteiger partial charge in [0, 0.05) is 6.54 Å². The summed E-state index contributed by atoms with van der Waals surface area (Å²) in [5, 5.41) is 3.18. The van der Waals surface area contributed by atoms with Crippen molar-refractivity contribution in [3.05, 3.63) is 29.3 Å². The molecular weight excluding hydrogens is 214 g/mol. The van der Waals surface area contributed by atoms with E-state index in [1.54, 1.807) is 7.11 Å². The van der Waals surface area contributed by atoms with E-state index in [-0.39, 0.29) is 0 Å². The maximum absolute atomic E-state index is 5.43. The van der Waals surface area contributed by atoms with E-state index in [4.69, 9.17) is 10.6 Å². The minimum atomic E-state index is 0.525. The number of ether oxygens (including phenoxy) is 1. The van der Waals surface area contributed by atoms with Crippen molar-refractivity contribution in [3.8, 4) is 5.75 Å². The molecule has 0 aliphatic heterocycles. The second kappa shape index (κ2) is 7.27. The summed E-state index contributed by atoms with van der Waals surface area (Å²) in [7, 11) is 1.72. The molecule has 0 amide bonds. The van der Waals surface area contributed by atoms with Crippen LogP contribution in [-0.4, -0.2) is 20.3 Å². The molecule has 4 N–H and O–H groups in total. The molecule has 0 spiro atoms. The standard InChI is InChI=1S/C13H23N3O/c1-10(2)12-5-4-11(13(8-12)17-3)6-7-15-9-16-14/h4-5,8,10,15-16H,6-7,9,14H2,1-3H3. The Labute approximate surface area is 104 Å². The van der Waals surface area contributed by atoms with Crippen molar-refractivity contribution in [1.29, 1.82) is 0 Å². The highest BCUT2D eigenvalue weighted by atomic mass is 16.5. The molecule has 17 heavy (non-hydrogen) atoms. The van der Waals surface area contributed by atoms with Gasteiger partial charge in [-0.05, 0) is 29.5 Å². The van der Waals surface area contributed by atoms with E-state index in [1.807, 2.05) is 0 Å². The normalized spacial score (nSPS) is 10.9. The second-order valence-corrected chi connectivity index (χ2v) is 4.36. The number of hydrazine groups is 1. The molecule has 1 aromatic rings. The molecule has 0 heterocycles. The minimum Gasteiger partial charge on any atom is -0.496 e. The predicted octanol–water partition coefficient (Wildman–Crippen LogP) is 1.37. The van der Waals surface area contributed by atoms with E-state index < -0.39 is 0 Å². The van der Waals surface area contributed by atoms with Crippen LogP contribution in [0.2, 0.25) is 0 Å². The molecule has 0 atom stereocenters. The molecule has 96 valence electrons. The third-order valence-electron chi connectivity index (χ3n) is 2.78. The molecule has 0 aliphatic carbocycles. The van der Waals surface area contributed by atoms with Crippen LogP contribution < -0.4 is 21.3 Å². The summed E-state index contributed by atoms with van der Waals surface area (Å²) in [4.78, 5) is 0. The molecule has 4 heteroatoms. The molecule has 0 saturated heterocycles. The van der Waals surface area contributed by atoms with E-state index in [1.165, 1.54) is 11.1 Å². The van der Waals surface area contributed by atoms with E-state index in [2.05, 4.69) is 42.8 Å². The maximum atomic E-state index is 5.43. The first-order valence-corrected chi connectivity index (χ1v) is 6.00. The van der Waals surface area contributed by atoms with E-state index in [0.29, 0.717) is 12.6 Å². The summed E-state index contributed by atoms with van der Waals surface area (Å²) >= 11 is 0. The highest BCUT2D eigenvalue weighted by molar-refractivity contribution is 5.38. The molecular formula is C13H23N3O. The number of hydrogen-bond donors (Lipinski definition) is 3. The smallest absolute Gasteiger partial charge is 0.122 e. The number of benzene rings is 1. The molecule has 1 rings (SSSR count). The summed E-state index contributed by atoms with van der Waals surface area (Å²) in [6.45, 7) is 5.86. The van der Waals surface area contributed by atoms with E-state index in [9.17, 15) is 0 Å². The van der Waals surface area contributed by atoms with Gasteiger partial charge in [0.25, 0.3) is 0 Å². The Balaban J connectivity index is 2.65. The van der Waals surface area contributed by atoms with Crippen LogP contribution in [0, 0.1) is 0 Å². The zero-order chi connectivity index (χ0) is 12.7. The van der Waals surface area contributed by atoms with Gasteiger partial charge in [-0.1, -0.05) is 26.0 Å². The highest BCUT2D eigenvalue weighted by Crippen LogP contribution is 2.24. The Morgan fingerprint density at radius 1 is 1.35 bits per heavy atom. The molecule has 0 unspecified atom stereocenters. The van der Waals surface area contributed by atoms with Crippen molar-refractivity contribution in [2.45, 2.75) is 26.2 Å². The van der Waals surface area contributed by atoms with Gasteiger partial charge < -0.3 is 10.1 Å². The molecule has 4 nitrogen and oxygen atoms in total. The lowest BCUT2D eigenvalue weighted by atomic mass is 10.00. The fourth-order valence-corrected chi connectivity index (χ4v) is 1.71. The van der Waals surface area contributed by atoms with Crippen molar-refractivity contribution in [2.24, 2.45) is 5.84 Å². The fourth-order valence-electron chi connectivity index (χ4n) is 1.71. The van der Waals surface area contributed by atoms with Gasteiger partial charge >= 0.3 is 0 Å². The van der Waals surface area contributed by atoms with E-state index >= 15 is 0 Å². The van der Waals surface area contributed by atoms with Crippen molar-refractivity contribution in [3.63, 3.8) is 0 Å². The van der Waals surface area contributed by atoms with Crippen LogP contribution in [0.5, 0.6) is 5.75 Å². The monoisotopic (exact) mass is 237 g/mol. The Morgan fingerprint density at radius 2 is 2.12 bits per heavy atom. The Morgan fingerprint density at radius 3 is 2.71 bits per heavy atom. The number of nitrogens with one attached hydrogen (secondary N) is 2. The summed E-state index contributed by atoms with van der Waals surface area (Å²) in [5.74, 6) is 6.68. The van der Waals surface area contributed by atoms with Crippen LogP contribution in [0.3, 0.4) is 0 Å². The van der Waals surface area contributed by atoms with Crippen LogP contribution in [-0.2, 0) is 6.42 Å². The molecule has 0 bridgehead atoms. The highest BCUT2D eigenvalue weighted by Gasteiger charge is 2.06. The van der Waals surface area contributed by atoms with Gasteiger partial charge in [-0.3, -0.25) is 5.84 Å². The summed E-state index contributed by atoms with van der Waals surface area (Å²) in [6, 6.07) is 6.44. The minimum absolute atomic E-state index is 0.525. The van der Waals surface area contributed by atoms with Crippen molar-refractivity contribution < 1.29 is 4.74 Å². The van der Waals surface area contributed by atoms with Gasteiger partial charge in [0.05, 0.1) is 13.8 Å². The number of hydrogen-bond acceptors (Lipinski definition) is 4. The fraction of sp³-hybridized carbons (Fsp3) is 0.538. The van der Waals surface area contributed by atoms with Crippen molar-refractivity contribution >= 4 is 0 Å². The Bertz CT molecular complexity index is 339. The topological polar surface area (TPSA) is 59.3 Å². The van der Waals surface area contributed by atoms with Crippen LogP contribution in [0.25, 0.3) is 0 Å². The third kappa shape index (κ3) is 4.34. The maximum Gasteiger partial charge on any atom is 0.122 e. The zero-order valence-electron chi connectivity index (χ0n) is 10.9. The van der Waals surface area contributed by atoms with Gasteiger partial charge in [-0.15, -0.1) is 0 Å². The van der Waals surface area contributed by atoms with Crippen molar-refractivity contribution in [2.75, 3.05) is 20.3 Å². The third-order valence-corrected chi connectivity index (χ3v) is 2.78. The van der Waals surface area contributed by atoms with Gasteiger partial charge in [0.15, 0.2) is 0 Å².